The van der Waals surface area contributed by atoms with E-state index in [1.54, 1.807) is 0 Å². The van der Waals surface area contributed by atoms with Crippen molar-refractivity contribution in [2.75, 3.05) is 0 Å². The van der Waals surface area contributed by atoms with Crippen molar-refractivity contribution in [3.05, 3.63) is 0 Å². The molecule has 136 valence electrons. The summed E-state index contributed by atoms with van der Waals surface area (Å²) >= 11 is 0. The number of unbranched alkanes of at least 4 members (excludes halogenated alkanes) is 6. The Morgan fingerprint density at radius 2 is 1.43 bits per heavy atom. The maximum absolute atomic E-state index is 10.7. The lowest BCUT2D eigenvalue weighted by atomic mass is 9.78. The van der Waals surface area contributed by atoms with Gasteiger partial charge in [0, 0.05) is 6.42 Å². The third-order valence-electron chi connectivity index (χ3n) is 4.74. The number of hydrogen-bond donors (Lipinski definition) is 2. The Balaban J connectivity index is 0.000000422. The topological polar surface area (TPSA) is 74.6 Å². The van der Waals surface area contributed by atoms with Gasteiger partial charge in [0.15, 0.2) is 0 Å². The molecule has 1 saturated carbocycles. The van der Waals surface area contributed by atoms with E-state index in [0.29, 0.717) is 12.3 Å². The standard InChI is InChI=1S/C10H20O2.C9H16O2/c1-2-3-4-5-6-7-8-9-10(11)12;1-2-7-5-3-4-6-8(7)9(10)11/h2-9H2,1H3,(H,11,12);7-8H,2-6H2,1H3,(H,10,11). The van der Waals surface area contributed by atoms with Crippen LogP contribution in [0.4, 0.5) is 0 Å². The van der Waals surface area contributed by atoms with Crippen LogP contribution in [0.25, 0.3) is 0 Å². The molecule has 0 radical (unpaired) electrons. The minimum absolute atomic E-state index is 0.0475. The van der Waals surface area contributed by atoms with Crippen molar-refractivity contribution < 1.29 is 19.8 Å². The van der Waals surface area contributed by atoms with Crippen molar-refractivity contribution in [3.63, 3.8) is 0 Å². The Bertz CT molecular complexity index is 314. The van der Waals surface area contributed by atoms with E-state index >= 15 is 0 Å². The van der Waals surface area contributed by atoms with Crippen molar-refractivity contribution in [3.8, 4) is 0 Å². The lowest BCUT2D eigenvalue weighted by Crippen LogP contribution is -2.26. The van der Waals surface area contributed by atoms with Gasteiger partial charge in [0.2, 0.25) is 0 Å². The van der Waals surface area contributed by atoms with Gasteiger partial charge in [-0.2, -0.15) is 0 Å². The highest BCUT2D eigenvalue weighted by molar-refractivity contribution is 5.70. The molecule has 1 aliphatic carbocycles. The van der Waals surface area contributed by atoms with Gasteiger partial charge in [-0.3, -0.25) is 9.59 Å². The smallest absolute Gasteiger partial charge is 0.306 e. The summed E-state index contributed by atoms with van der Waals surface area (Å²) in [4.78, 5) is 20.9. The highest BCUT2D eigenvalue weighted by Crippen LogP contribution is 2.32. The van der Waals surface area contributed by atoms with E-state index in [9.17, 15) is 9.59 Å². The first-order valence-corrected chi connectivity index (χ1v) is 9.47. The van der Waals surface area contributed by atoms with E-state index in [0.717, 1.165) is 38.5 Å². The van der Waals surface area contributed by atoms with Crippen LogP contribution in [-0.2, 0) is 9.59 Å². The molecule has 0 spiro atoms. The summed E-state index contributed by atoms with van der Waals surface area (Å²) in [7, 11) is 0. The van der Waals surface area contributed by atoms with Gasteiger partial charge in [-0.1, -0.05) is 71.6 Å². The van der Waals surface area contributed by atoms with Gasteiger partial charge in [-0.05, 0) is 25.2 Å². The third kappa shape index (κ3) is 12.1. The summed E-state index contributed by atoms with van der Waals surface area (Å²) < 4.78 is 0. The average Bonchev–Trinajstić information content (AvgIpc) is 2.54. The molecule has 0 saturated heterocycles. The molecule has 1 rings (SSSR count). The summed E-state index contributed by atoms with van der Waals surface area (Å²) in [6, 6.07) is 0. The van der Waals surface area contributed by atoms with Gasteiger partial charge in [0.1, 0.15) is 0 Å². The van der Waals surface area contributed by atoms with Crippen LogP contribution in [0.2, 0.25) is 0 Å². The molecule has 4 heteroatoms. The van der Waals surface area contributed by atoms with Gasteiger partial charge in [0.25, 0.3) is 0 Å². The minimum atomic E-state index is -0.663. The molecule has 0 aromatic heterocycles. The van der Waals surface area contributed by atoms with Crippen molar-refractivity contribution >= 4 is 11.9 Å². The van der Waals surface area contributed by atoms with Gasteiger partial charge in [-0.25, -0.2) is 0 Å². The van der Waals surface area contributed by atoms with Gasteiger partial charge < -0.3 is 10.2 Å². The van der Waals surface area contributed by atoms with E-state index in [2.05, 4.69) is 13.8 Å². The summed E-state index contributed by atoms with van der Waals surface area (Å²) in [6.45, 7) is 4.29. The predicted octanol–water partition coefficient (Wildman–Crippen LogP) is 5.50. The summed E-state index contributed by atoms with van der Waals surface area (Å²) in [5.74, 6) is -0.852. The Morgan fingerprint density at radius 1 is 0.870 bits per heavy atom. The first-order valence-electron chi connectivity index (χ1n) is 9.47. The summed E-state index contributed by atoms with van der Waals surface area (Å²) in [5.41, 5.74) is 0. The molecule has 2 atom stereocenters. The van der Waals surface area contributed by atoms with Crippen molar-refractivity contribution in [2.45, 2.75) is 97.3 Å². The molecule has 4 nitrogen and oxygen atoms in total. The van der Waals surface area contributed by atoms with Crippen LogP contribution >= 0.6 is 0 Å². The van der Waals surface area contributed by atoms with E-state index < -0.39 is 11.9 Å². The molecule has 0 amide bonds. The highest BCUT2D eigenvalue weighted by atomic mass is 16.4. The Kier molecular flexibility index (Phi) is 13.9. The Morgan fingerprint density at radius 3 is 1.91 bits per heavy atom. The summed E-state index contributed by atoms with van der Waals surface area (Å²) in [6.07, 6.45) is 14.0. The van der Waals surface area contributed by atoms with Gasteiger partial charge in [-0.15, -0.1) is 0 Å². The predicted molar refractivity (Wildman–Crippen MR) is 93.6 cm³/mol. The Labute approximate surface area is 141 Å². The van der Waals surface area contributed by atoms with Crippen molar-refractivity contribution in [1.82, 2.24) is 0 Å². The fraction of sp³-hybridized carbons (Fsp3) is 0.895. The largest absolute Gasteiger partial charge is 0.481 e. The molecule has 0 bridgehead atoms. The van der Waals surface area contributed by atoms with Crippen molar-refractivity contribution in [2.24, 2.45) is 11.8 Å². The zero-order chi connectivity index (χ0) is 17.5. The fourth-order valence-electron chi connectivity index (χ4n) is 3.25. The number of hydrogen-bond acceptors (Lipinski definition) is 2. The molecular formula is C19H36O4. The monoisotopic (exact) mass is 328 g/mol. The maximum atomic E-state index is 10.7. The maximum Gasteiger partial charge on any atom is 0.306 e. The normalized spacial score (nSPS) is 20.4. The molecule has 2 N–H and O–H groups in total. The molecule has 1 aliphatic rings. The molecule has 1 fully saturated rings. The highest BCUT2D eigenvalue weighted by Gasteiger charge is 2.28. The molecule has 0 aromatic rings. The van der Waals surface area contributed by atoms with Gasteiger partial charge in [0.05, 0.1) is 5.92 Å². The first-order chi connectivity index (χ1) is 11.0. The first kappa shape index (κ1) is 21.9. The number of carbonyl (C=O) groups is 2. The van der Waals surface area contributed by atoms with Crippen LogP contribution in [0.3, 0.4) is 0 Å². The van der Waals surface area contributed by atoms with E-state index in [1.165, 1.54) is 38.5 Å². The second-order valence-electron chi connectivity index (χ2n) is 6.66. The average molecular weight is 328 g/mol. The number of carboxylic acids is 2. The molecule has 23 heavy (non-hydrogen) atoms. The quantitative estimate of drug-likeness (QED) is 0.519. The molecular weight excluding hydrogens is 292 g/mol. The van der Waals surface area contributed by atoms with Crippen LogP contribution in [-0.4, -0.2) is 22.2 Å². The third-order valence-corrected chi connectivity index (χ3v) is 4.74. The van der Waals surface area contributed by atoms with Crippen molar-refractivity contribution in [1.29, 1.82) is 0 Å². The molecule has 0 aromatic carbocycles. The zero-order valence-electron chi connectivity index (χ0n) is 15.1. The number of rotatable bonds is 10. The SMILES string of the molecule is CCC1CCCCC1C(=O)O.CCCCCCCCCC(=O)O. The molecule has 2 unspecified atom stereocenters. The van der Waals surface area contributed by atoms with E-state index in [-0.39, 0.29) is 5.92 Å². The van der Waals surface area contributed by atoms with E-state index in [1.807, 2.05) is 0 Å². The molecule has 0 aliphatic heterocycles. The van der Waals surface area contributed by atoms with Crippen LogP contribution in [0.15, 0.2) is 0 Å². The number of carboxylic acid groups (broad SMARTS) is 2. The van der Waals surface area contributed by atoms with Crippen LogP contribution in [0, 0.1) is 11.8 Å². The lowest BCUT2D eigenvalue weighted by molar-refractivity contribution is -0.145. The minimum Gasteiger partial charge on any atom is -0.481 e. The molecule has 0 heterocycles. The number of aliphatic carboxylic acids is 2. The fourth-order valence-corrected chi connectivity index (χ4v) is 3.25. The second kappa shape index (κ2) is 14.5. The van der Waals surface area contributed by atoms with Crippen LogP contribution in [0.5, 0.6) is 0 Å². The second-order valence-corrected chi connectivity index (χ2v) is 6.66. The summed E-state index contributed by atoms with van der Waals surface area (Å²) in [5, 5.41) is 17.2. The Hall–Kier alpha value is -1.06. The van der Waals surface area contributed by atoms with Crippen LogP contribution in [0.1, 0.15) is 97.3 Å². The van der Waals surface area contributed by atoms with Gasteiger partial charge >= 0.3 is 11.9 Å². The van der Waals surface area contributed by atoms with Crippen LogP contribution < -0.4 is 0 Å². The zero-order valence-corrected chi connectivity index (χ0v) is 15.1. The van der Waals surface area contributed by atoms with E-state index in [4.69, 9.17) is 10.2 Å². The lowest BCUT2D eigenvalue weighted by Gasteiger charge is -2.27.